The molecule has 0 aliphatic heterocycles. The number of thioether (sulfide) groups is 1. The fourth-order valence-electron chi connectivity index (χ4n) is 2.54. The van der Waals surface area contributed by atoms with Gasteiger partial charge in [0.25, 0.3) is 0 Å². The molecule has 1 aliphatic carbocycles. The monoisotopic (exact) mass is 296 g/mol. The Bertz CT molecular complexity index is 425. The van der Waals surface area contributed by atoms with E-state index in [1.807, 2.05) is 25.6 Å². The number of rotatable bonds is 7. The van der Waals surface area contributed by atoms with E-state index in [1.54, 1.807) is 0 Å². The molecule has 0 bridgehead atoms. The molecule has 0 spiro atoms. The number of aromatic nitrogens is 2. The molecule has 0 amide bonds. The van der Waals surface area contributed by atoms with Crippen LogP contribution >= 0.6 is 11.8 Å². The van der Waals surface area contributed by atoms with Gasteiger partial charge >= 0.3 is 0 Å². The van der Waals surface area contributed by atoms with Gasteiger partial charge in [-0.1, -0.05) is 38.3 Å². The highest BCUT2D eigenvalue weighted by Crippen LogP contribution is 2.29. The molecule has 1 fully saturated rings. The van der Waals surface area contributed by atoms with Crippen LogP contribution in [0.2, 0.25) is 0 Å². The van der Waals surface area contributed by atoms with Crippen LogP contribution in [0.3, 0.4) is 0 Å². The molecular formula is C15H24N2O2S. The Morgan fingerprint density at radius 1 is 1.35 bits per heavy atom. The molecule has 20 heavy (non-hydrogen) atoms. The summed E-state index contributed by atoms with van der Waals surface area (Å²) < 4.78 is 5.16. The Kier molecular flexibility index (Phi) is 6.07. The van der Waals surface area contributed by atoms with Gasteiger partial charge in [-0.05, 0) is 18.8 Å². The molecule has 0 N–H and O–H groups in total. The average Bonchev–Trinajstić information content (AvgIpc) is 2.84. The van der Waals surface area contributed by atoms with Gasteiger partial charge in [-0.15, -0.1) is 0 Å². The molecule has 112 valence electrons. The highest BCUT2D eigenvalue weighted by Gasteiger charge is 2.16. The minimum Gasteiger partial charge on any atom is -0.339 e. The van der Waals surface area contributed by atoms with Crippen molar-refractivity contribution in [1.29, 1.82) is 0 Å². The first-order valence-electron chi connectivity index (χ1n) is 7.58. The number of hydrogen-bond acceptors (Lipinski definition) is 5. The van der Waals surface area contributed by atoms with Crippen LogP contribution < -0.4 is 0 Å². The quantitative estimate of drug-likeness (QED) is 0.766. The first-order chi connectivity index (χ1) is 9.63. The van der Waals surface area contributed by atoms with Crippen molar-refractivity contribution in [3.8, 4) is 0 Å². The number of carbonyl (C=O) groups excluding carboxylic acids is 1. The maximum absolute atomic E-state index is 11.7. The Labute approximate surface area is 125 Å². The fraction of sp³-hybridized carbons (Fsp3) is 0.800. The zero-order valence-corrected chi connectivity index (χ0v) is 13.2. The lowest BCUT2D eigenvalue weighted by molar-refractivity contribution is -0.119. The summed E-state index contributed by atoms with van der Waals surface area (Å²) in [5, 5.41) is 4.72. The van der Waals surface area contributed by atoms with E-state index < -0.39 is 0 Å². The molecule has 0 saturated heterocycles. The molecule has 0 unspecified atom stereocenters. The van der Waals surface area contributed by atoms with E-state index in [9.17, 15) is 4.79 Å². The van der Waals surface area contributed by atoms with Crippen LogP contribution in [0.15, 0.2) is 4.52 Å². The van der Waals surface area contributed by atoms with Crippen molar-refractivity contribution in [3.63, 3.8) is 0 Å². The fourth-order valence-corrected chi connectivity index (χ4v) is 3.71. The predicted molar refractivity (Wildman–Crippen MR) is 80.6 cm³/mol. The molecule has 4 nitrogen and oxygen atoms in total. The van der Waals surface area contributed by atoms with E-state index >= 15 is 0 Å². The standard InChI is InChI=1S/C15H24N2O2S/c1-11(2)8-12(18)9-15-16-14(17-19-15)10-20-13-6-4-3-5-7-13/h11,13H,3-10H2,1-2H3. The van der Waals surface area contributed by atoms with Crippen LogP contribution in [0.4, 0.5) is 0 Å². The normalized spacial score (nSPS) is 16.8. The van der Waals surface area contributed by atoms with Crippen LogP contribution in [-0.4, -0.2) is 21.2 Å². The van der Waals surface area contributed by atoms with Gasteiger partial charge in [-0.25, -0.2) is 0 Å². The van der Waals surface area contributed by atoms with Gasteiger partial charge in [-0.3, -0.25) is 4.79 Å². The minimum atomic E-state index is 0.176. The molecule has 5 heteroatoms. The van der Waals surface area contributed by atoms with Gasteiger partial charge in [0, 0.05) is 11.7 Å². The molecule has 1 saturated carbocycles. The second-order valence-corrected chi connectivity index (χ2v) is 7.28. The molecule has 0 aromatic carbocycles. The van der Waals surface area contributed by atoms with Crippen LogP contribution in [0.5, 0.6) is 0 Å². The van der Waals surface area contributed by atoms with Gasteiger partial charge in [-0.2, -0.15) is 16.7 Å². The van der Waals surface area contributed by atoms with E-state index in [2.05, 4.69) is 10.1 Å². The van der Waals surface area contributed by atoms with Crippen LogP contribution in [-0.2, 0) is 17.0 Å². The highest BCUT2D eigenvalue weighted by atomic mass is 32.2. The van der Waals surface area contributed by atoms with Crippen molar-refractivity contribution >= 4 is 17.5 Å². The molecule has 1 aromatic heterocycles. The molecule has 2 rings (SSSR count). The summed E-state index contributed by atoms with van der Waals surface area (Å²) in [7, 11) is 0. The Morgan fingerprint density at radius 3 is 2.80 bits per heavy atom. The summed E-state index contributed by atoms with van der Waals surface area (Å²) >= 11 is 1.92. The van der Waals surface area contributed by atoms with Crippen molar-refractivity contribution in [2.24, 2.45) is 5.92 Å². The van der Waals surface area contributed by atoms with E-state index in [-0.39, 0.29) is 12.2 Å². The maximum Gasteiger partial charge on any atom is 0.234 e. The first kappa shape index (κ1) is 15.5. The topological polar surface area (TPSA) is 56.0 Å². The van der Waals surface area contributed by atoms with E-state index in [0.29, 0.717) is 18.2 Å². The molecule has 1 heterocycles. The van der Waals surface area contributed by atoms with Crippen molar-refractivity contribution in [2.45, 2.75) is 69.8 Å². The van der Waals surface area contributed by atoms with Crippen LogP contribution in [0.1, 0.15) is 64.1 Å². The summed E-state index contributed by atoms with van der Waals surface area (Å²) in [5.41, 5.74) is 0. The number of ketones is 1. The van der Waals surface area contributed by atoms with Crippen molar-refractivity contribution in [3.05, 3.63) is 11.7 Å². The third-order valence-electron chi connectivity index (χ3n) is 3.49. The van der Waals surface area contributed by atoms with Gasteiger partial charge in [0.05, 0.1) is 12.2 Å². The predicted octanol–water partition coefficient (Wildman–Crippen LogP) is 3.79. The molecular weight excluding hydrogens is 272 g/mol. The van der Waals surface area contributed by atoms with Gasteiger partial charge < -0.3 is 4.52 Å². The summed E-state index contributed by atoms with van der Waals surface area (Å²) in [6.07, 6.45) is 7.54. The Balaban J connectivity index is 1.75. The van der Waals surface area contributed by atoms with E-state index in [1.165, 1.54) is 32.1 Å². The van der Waals surface area contributed by atoms with Crippen LogP contribution in [0, 0.1) is 5.92 Å². The lowest BCUT2D eigenvalue weighted by Crippen LogP contribution is -2.08. The Morgan fingerprint density at radius 2 is 2.10 bits per heavy atom. The Hall–Kier alpha value is -0.840. The molecule has 1 aromatic rings. The number of Topliss-reactive ketones (excluding diaryl/α,β-unsaturated/α-hetero) is 1. The van der Waals surface area contributed by atoms with Gasteiger partial charge in [0.1, 0.15) is 5.78 Å². The molecule has 1 aliphatic rings. The number of carbonyl (C=O) groups is 1. The molecule has 0 radical (unpaired) electrons. The SMILES string of the molecule is CC(C)CC(=O)Cc1nc(CSC2CCCCC2)no1. The molecule has 0 atom stereocenters. The highest BCUT2D eigenvalue weighted by molar-refractivity contribution is 7.99. The van der Waals surface area contributed by atoms with Crippen molar-refractivity contribution in [1.82, 2.24) is 10.1 Å². The second kappa shape index (κ2) is 7.81. The summed E-state index contributed by atoms with van der Waals surface area (Å²) in [6.45, 7) is 4.08. The maximum atomic E-state index is 11.7. The summed E-state index contributed by atoms with van der Waals surface area (Å²) in [5.74, 6) is 2.55. The summed E-state index contributed by atoms with van der Waals surface area (Å²) in [4.78, 5) is 16.0. The van der Waals surface area contributed by atoms with Crippen molar-refractivity contribution in [2.75, 3.05) is 0 Å². The first-order valence-corrected chi connectivity index (χ1v) is 8.63. The lowest BCUT2D eigenvalue weighted by Gasteiger charge is -2.19. The second-order valence-electron chi connectivity index (χ2n) is 5.99. The lowest BCUT2D eigenvalue weighted by atomic mass is 10.0. The number of hydrogen-bond donors (Lipinski definition) is 0. The smallest absolute Gasteiger partial charge is 0.234 e. The van der Waals surface area contributed by atoms with Crippen molar-refractivity contribution < 1.29 is 9.32 Å². The van der Waals surface area contributed by atoms with Gasteiger partial charge in [0.15, 0.2) is 5.82 Å². The van der Waals surface area contributed by atoms with E-state index in [4.69, 9.17) is 4.52 Å². The average molecular weight is 296 g/mol. The number of nitrogens with zero attached hydrogens (tertiary/aromatic N) is 2. The van der Waals surface area contributed by atoms with Crippen LogP contribution in [0.25, 0.3) is 0 Å². The van der Waals surface area contributed by atoms with E-state index in [0.717, 1.165) is 16.8 Å². The minimum absolute atomic E-state index is 0.176. The third kappa shape index (κ3) is 5.27. The summed E-state index contributed by atoms with van der Waals surface area (Å²) in [6, 6.07) is 0. The zero-order valence-electron chi connectivity index (χ0n) is 12.4. The van der Waals surface area contributed by atoms with Gasteiger partial charge in [0.2, 0.25) is 5.89 Å². The third-order valence-corrected chi connectivity index (χ3v) is 4.86. The zero-order chi connectivity index (χ0) is 14.4. The largest absolute Gasteiger partial charge is 0.339 e.